The van der Waals surface area contributed by atoms with Crippen LogP contribution in [0.2, 0.25) is 5.02 Å². The van der Waals surface area contributed by atoms with Crippen molar-refractivity contribution in [2.45, 2.75) is 57.0 Å². The van der Waals surface area contributed by atoms with Crippen molar-refractivity contribution in [2.24, 2.45) is 11.1 Å². The number of nitrogens with two attached hydrogens (primary N) is 2. The Labute approximate surface area is 348 Å². The van der Waals surface area contributed by atoms with E-state index in [0.717, 1.165) is 29.0 Å². The molecule has 26 nitrogen and oxygen atoms in total. The predicted octanol–water partition coefficient (Wildman–Crippen LogP) is -0.276. The highest BCUT2D eigenvalue weighted by Crippen LogP contribution is 2.61. The number of anilines is 1. The molecule has 1 fully saturated rings. The summed E-state index contributed by atoms with van der Waals surface area (Å²) in [6.07, 6.45) is -7.11. The first kappa shape index (κ1) is 49.5. The minimum atomic E-state index is -5.60. The fourth-order valence-electron chi connectivity index (χ4n) is 5.22. The van der Waals surface area contributed by atoms with Crippen LogP contribution in [-0.4, -0.2) is 128 Å². The standard InChI is InChI=1S/C29H42ClN8O18P3S/c1-29(2,23(42)26(43)34-6-5-18(40)33-7-8-60-28(44)19(31)14-3-4-16(39)15(30)9-14)11-53-59(50,51)56-58(48,49)52-10-17-22(55-57(45,46)47)21(41)27(54-17)38-13-37-20-24(32)35-12-36-25(20)38/h3-4,9,12-13,17,19,21-23,27,39,41-42H,5-8,10-11,31H2,1-2H3,(H,33,40)(H,34,43)(H,48,49)(H,50,51)(H2,32,35,36)(H2,45,46,47)/t17?,19-,21?,22?,23?,27?/m0/s1. The third-order valence-corrected chi connectivity index (χ3v) is 12.7. The first-order valence-corrected chi connectivity index (χ1v) is 23.0. The number of benzene rings is 1. The number of rotatable bonds is 21. The summed E-state index contributed by atoms with van der Waals surface area (Å²) in [6.45, 7) is 0.196. The summed E-state index contributed by atoms with van der Waals surface area (Å²) in [5.41, 5.74) is 10.5. The number of carbonyl (C=O) groups is 3. The lowest BCUT2D eigenvalue weighted by atomic mass is 9.87. The lowest BCUT2D eigenvalue weighted by Gasteiger charge is -2.30. The number of hydrogen-bond donors (Lipinski definition) is 11. The zero-order valence-electron chi connectivity index (χ0n) is 31.3. The molecule has 0 spiro atoms. The number of aliphatic hydroxyl groups is 2. The van der Waals surface area contributed by atoms with Gasteiger partial charge in [0.05, 0.1) is 30.6 Å². The molecule has 60 heavy (non-hydrogen) atoms. The van der Waals surface area contributed by atoms with E-state index >= 15 is 0 Å². The summed E-state index contributed by atoms with van der Waals surface area (Å²) in [5.74, 6) is -1.60. The van der Waals surface area contributed by atoms with Crippen molar-refractivity contribution in [3.63, 3.8) is 0 Å². The number of phosphoric acid groups is 3. The summed E-state index contributed by atoms with van der Waals surface area (Å²) in [5, 5.41) is 35.5. The van der Waals surface area contributed by atoms with E-state index in [4.69, 9.17) is 36.9 Å². The molecular formula is C29H42ClN8O18P3S. The second-order valence-corrected chi connectivity index (χ2v) is 19.2. The molecule has 3 heterocycles. The molecule has 1 aromatic carbocycles. The van der Waals surface area contributed by atoms with Gasteiger partial charge in [0, 0.05) is 30.7 Å². The maximum atomic E-state index is 12.7. The first-order valence-electron chi connectivity index (χ1n) is 17.1. The molecule has 8 atom stereocenters. The smallest absolute Gasteiger partial charge is 0.481 e. The van der Waals surface area contributed by atoms with Crippen molar-refractivity contribution in [3.05, 3.63) is 41.4 Å². The molecule has 0 radical (unpaired) electrons. The van der Waals surface area contributed by atoms with Crippen LogP contribution in [-0.2, 0) is 50.7 Å². The Kier molecular flexibility index (Phi) is 16.8. The van der Waals surface area contributed by atoms with Gasteiger partial charge in [-0.3, -0.25) is 32.5 Å². The molecule has 1 aliphatic rings. The Bertz CT molecular complexity index is 2180. The van der Waals surface area contributed by atoms with Crippen molar-refractivity contribution in [1.29, 1.82) is 0 Å². The molecule has 4 rings (SSSR count). The highest BCUT2D eigenvalue weighted by atomic mass is 35.5. The largest absolute Gasteiger partial charge is 0.506 e. The second kappa shape index (κ2) is 20.3. The number of phenols is 1. The van der Waals surface area contributed by atoms with E-state index in [-0.39, 0.29) is 53.0 Å². The monoisotopic (exact) mass is 950 g/mol. The van der Waals surface area contributed by atoms with E-state index in [1.165, 1.54) is 32.0 Å². The zero-order chi connectivity index (χ0) is 44.8. The lowest BCUT2D eigenvalue weighted by Crippen LogP contribution is -2.46. The maximum Gasteiger partial charge on any atom is 0.481 e. The minimum absolute atomic E-state index is 0.0195. The summed E-state index contributed by atoms with van der Waals surface area (Å²) >= 11 is 6.70. The molecule has 0 aliphatic carbocycles. The van der Waals surface area contributed by atoms with Crippen LogP contribution in [0.3, 0.4) is 0 Å². The van der Waals surface area contributed by atoms with Crippen molar-refractivity contribution in [2.75, 3.05) is 37.8 Å². The van der Waals surface area contributed by atoms with E-state index in [1.807, 2.05) is 0 Å². The molecule has 3 aromatic rings. The number of imidazole rings is 1. The van der Waals surface area contributed by atoms with Crippen molar-refractivity contribution in [3.8, 4) is 5.75 Å². The highest BCUT2D eigenvalue weighted by molar-refractivity contribution is 8.13. The van der Waals surface area contributed by atoms with Crippen LogP contribution in [0.4, 0.5) is 5.82 Å². The number of amides is 2. The second-order valence-electron chi connectivity index (χ2n) is 13.4. The summed E-state index contributed by atoms with van der Waals surface area (Å²) in [6, 6.07) is 3.08. The molecule has 2 aromatic heterocycles. The summed E-state index contributed by atoms with van der Waals surface area (Å²) < 4.78 is 62.1. The Morgan fingerprint density at radius 3 is 2.42 bits per heavy atom. The maximum absolute atomic E-state index is 12.7. The Morgan fingerprint density at radius 2 is 1.75 bits per heavy atom. The number of nitrogens with zero attached hydrogens (tertiary/aromatic N) is 4. The van der Waals surface area contributed by atoms with Crippen LogP contribution < -0.4 is 22.1 Å². The van der Waals surface area contributed by atoms with Crippen LogP contribution in [0.25, 0.3) is 11.2 Å². The van der Waals surface area contributed by atoms with Gasteiger partial charge in [0.1, 0.15) is 42.0 Å². The SMILES string of the molecule is CC(C)(COP(=O)(O)OP(=O)(O)OCC1OC(n2cnc3c(N)ncnc32)C(O)C1OP(=O)(O)O)C(O)C(=O)NCCC(=O)NCCSC(=O)[C@@H](N)c1ccc(O)c(Cl)c1. The number of nitrogen functional groups attached to an aromatic ring is 1. The Hall–Kier alpha value is -3.17. The third kappa shape index (κ3) is 13.7. The van der Waals surface area contributed by atoms with E-state index < -0.39 is 95.7 Å². The number of aromatic nitrogens is 4. The molecule has 31 heteroatoms. The molecule has 0 bridgehead atoms. The number of nitrogens with one attached hydrogen (secondary N) is 2. The lowest BCUT2D eigenvalue weighted by molar-refractivity contribution is -0.137. The number of phenolic OH excluding ortho intramolecular Hbond substituents is 1. The normalized spacial score (nSPS) is 21.5. The molecule has 13 N–H and O–H groups in total. The van der Waals surface area contributed by atoms with Crippen molar-refractivity contribution in [1.82, 2.24) is 30.2 Å². The molecule has 1 aliphatic heterocycles. The topological polar surface area (TPSA) is 410 Å². The van der Waals surface area contributed by atoms with E-state index in [0.29, 0.717) is 5.56 Å². The van der Waals surface area contributed by atoms with Crippen molar-refractivity contribution >= 4 is 80.7 Å². The number of fused-ring (bicyclic) bond motifs is 1. The predicted molar refractivity (Wildman–Crippen MR) is 207 cm³/mol. The van der Waals surface area contributed by atoms with Crippen molar-refractivity contribution < 1.29 is 85.6 Å². The summed E-state index contributed by atoms with van der Waals surface area (Å²) in [7, 11) is -16.5. The fraction of sp³-hybridized carbons (Fsp3) is 0.517. The van der Waals surface area contributed by atoms with E-state index in [9.17, 15) is 63.0 Å². The van der Waals surface area contributed by atoms with Gasteiger partial charge in [-0.15, -0.1) is 0 Å². The average molecular weight is 951 g/mol. The van der Waals surface area contributed by atoms with Gasteiger partial charge in [0.25, 0.3) is 0 Å². The third-order valence-electron chi connectivity index (χ3n) is 8.33. The van der Waals surface area contributed by atoms with Gasteiger partial charge in [0.15, 0.2) is 17.7 Å². The number of aromatic hydroxyl groups is 1. The molecule has 2 amide bonds. The molecule has 1 saturated heterocycles. The molecule has 7 unspecified atom stereocenters. The van der Waals surface area contributed by atoms with Gasteiger partial charge in [-0.2, -0.15) is 4.31 Å². The van der Waals surface area contributed by atoms with Gasteiger partial charge < -0.3 is 61.7 Å². The highest BCUT2D eigenvalue weighted by Gasteiger charge is 2.50. The minimum Gasteiger partial charge on any atom is -0.506 e. The van der Waals surface area contributed by atoms with Gasteiger partial charge in [-0.25, -0.2) is 28.6 Å². The first-order chi connectivity index (χ1) is 27.8. The Morgan fingerprint density at radius 1 is 1.07 bits per heavy atom. The van der Waals surface area contributed by atoms with E-state index in [1.54, 1.807) is 0 Å². The van der Waals surface area contributed by atoms with Gasteiger partial charge in [-0.05, 0) is 17.7 Å². The van der Waals surface area contributed by atoms with Gasteiger partial charge >= 0.3 is 23.5 Å². The Balaban J connectivity index is 1.21. The van der Waals surface area contributed by atoms with Crippen LogP contribution in [0, 0.1) is 5.41 Å². The number of carbonyl (C=O) groups excluding carboxylic acids is 3. The number of aliphatic hydroxyl groups excluding tert-OH is 2. The quantitative estimate of drug-likeness (QED) is 0.0483. The fourth-order valence-corrected chi connectivity index (χ4v) is 8.96. The number of hydrogen-bond acceptors (Lipinski definition) is 20. The number of halogens is 1. The molecule has 0 saturated carbocycles. The van der Waals surface area contributed by atoms with E-state index in [2.05, 4.69) is 34.4 Å². The van der Waals surface area contributed by atoms with Gasteiger partial charge in [-0.1, -0.05) is 43.3 Å². The number of ether oxygens (including phenoxy) is 1. The van der Waals surface area contributed by atoms with Crippen LogP contribution in [0.15, 0.2) is 30.9 Å². The van der Waals surface area contributed by atoms with Crippen LogP contribution in [0.1, 0.15) is 38.1 Å². The number of phosphoric ester groups is 3. The zero-order valence-corrected chi connectivity index (χ0v) is 35.5. The number of thioether (sulfide) groups is 1. The van der Waals surface area contributed by atoms with Crippen LogP contribution in [0.5, 0.6) is 5.75 Å². The van der Waals surface area contributed by atoms with Gasteiger partial charge in [0.2, 0.25) is 16.9 Å². The summed E-state index contributed by atoms with van der Waals surface area (Å²) in [4.78, 5) is 88.2. The molecule has 334 valence electrons. The molecular weight excluding hydrogens is 909 g/mol. The average Bonchev–Trinajstić information content (AvgIpc) is 3.72. The van der Waals surface area contributed by atoms with Crippen LogP contribution >= 0.6 is 46.8 Å².